The lowest BCUT2D eigenvalue weighted by atomic mass is 10.2. The first kappa shape index (κ1) is 12.2. The molecule has 0 spiro atoms. The topological polar surface area (TPSA) is 51.8 Å². The van der Waals surface area contributed by atoms with Crippen LogP contribution in [-0.2, 0) is 12.2 Å². The molecule has 0 bridgehead atoms. The van der Waals surface area contributed by atoms with Gasteiger partial charge in [-0.2, -0.15) is 4.98 Å². The van der Waals surface area contributed by atoms with E-state index < -0.39 is 0 Å². The second-order valence-corrected chi connectivity index (χ2v) is 5.08. The van der Waals surface area contributed by atoms with Crippen molar-refractivity contribution in [2.45, 2.75) is 24.1 Å². The van der Waals surface area contributed by atoms with Gasteiger partial charge in [-0.25, -0.2) is 4.98 Å². The molecular formula is C14H13N3OS. The lowest BCUT2D eigenvalue weighted by Crippen LogP contribution is -1.86. The van der Waals surface area contributed by atoms with E-state index in [1.165, 1.54) is 0 Å². The summed E-state index contributed by atoms with van der Waals surface area (Å²) in [5.41, 5.74) is 1.01. The molecule has 96 valence electrons. The Kier molecular flexibility index (Phi) is 3.46. The summed E-state index contributed by atoms with van der Waals surface area (Å²) in [6, 6.07) is 12.2. The number of aromatic nitrogens is 3. The summed E-state index contributed by atoms with van der Waals surface area (Å²) in [4.78, 5) is 8.87. The Hall–Kier alpha value is -1.88. The average Bonchev–Trinajstić information content (AvgIpc) is 2.93. The van der Waals surface area contributed by atoms with Gasteiger partial charge in [-0.1, -0.05) is 48.1 Å². The van der Waals surface area contributed by atoms with Gasteiger partial charge in [-0.15, -0.1) is 0 Å². The number of nitrogens with zero attached hydrogens (tertiary/aromatic N) is 3. The van der Waals surface area contributed by atoms with Gasteiger partial charge in [0.05, 0.1) is 16.3 Å². The Morgan fingerprint density at radius 2 is 2.00 bits per heavy atom. The molecule has 0 saturated heterocycles. The maximum Gasteiger partial charge on any atom is 0.237 e. The Morgan fingerprint density at radius 3 is 2.84 bits per heavy atom. The van der Waals surface area contributed by atoms with Crippen LogP contribution in [0.5, 0.6) is 0 Å². The number of benzene rings is 1. The zero-order valence-corrected chi connectivity index (χ0v) is 11.4. The van der Waals surface area contributed by atoms with Crippen molar-refractivity contribution < 1.29 is 4.52 Å². The summed E-state index contributed by atoms with van der Waals surface area (Å²) >= 11 is 1.60. The van der Waals surface area contributed by atoms with Crippen molar-refractivity contribution in [3.05, 3.63) is 48.1 Å². The van der Waals surface area contributed by atoms with Gasteiger partial charge in [0.1, 0.15) is 0 Å². The molecule has 3 aromatic rings. The quantitative estimate of drug-likeness (QED) is 0.680. The third-order valence-electron chi connectivity index (χ3n) is 2.74. The summed E-state index contributed by atoms with van der Waals surface area (Å²) in [7, 11) is 0. The minimum Gasteiger partial charge on any atom is -0.338 e. The second kappa shape index (κ2) is 5.40. The summed E-state index contributed by atoms with van der Waals surface area (Å²) in [6.45, 7) is 2.01. The fourth-order valence-electron chi connectivity index (χ4n) is 1.76. The van der Waals surface area contributed by atoms with Gasteiger partial charge >= 0.3 is 0 Å². The molecular weight excluding hydrogens is 258 g/mol. The number of thioether (sulfide) groups is 1. The van der Waals surface area contributed by atoms with Gasteiger partial charge < -0.3 is 4.52 Å². The van der Waals surface area contributed by atoms with E-state index in [0.29, 0.717) is 11.6 Å². The average molecular weight is 271 g/mol. The molecule has 0 radical (unpaired) electrons. The normalized spacial score (nSPS) is 11.0. The standard InChI is InChI=1S/C14H13N3OS/c1-2-12-16-13(18-17-12)9-19-14-8-7-10-5-3-4-6-11(10)15-14/h3-8H,2,9H2,1H3. The highest BCUT2D eigenvalue weighted by Crippen LogP contribution is 2.22. The van der Waals surface area contributed by atoms with Crippen LogP contribution >= 0.6 is 11.8 Å². The zero-order chi connectivity index (χ0) is 13.1. The summed E-state index contributed by atoms with van der Waals surface area (Å²) in [6.07, 6.45) is 0.794. The maximum absolute atomic E-state index is 5.16. The van der Waals surface area contributed by atoms with Gasteiger partial charge in [0.2, 0.25) is 5.89 Å². The third kappa shape index (κ3) is 2.76. The molecule has 19 heavy (non-hydrogen) atoms. The number of rotatable bonds is 4. The Labute approximate surface area is 115 Å². The van der Waals surface area contributed by atoms with Gasteiger partial charge in [-0.3, -0.25) is 0 Å². The zero-order valence-electron chi connectivity index (χ0n) is 10.5. The molecule has 3 rings (SSSR count). The van der Waals surface area contributed by atoms with Crippen LogP contribution in [0.2, 0.25) is 0 Å². The minimum absolute atomic E-state index is 0.650. The van der Waals surface area contributed by atoms with Gasteiger partial charge in [0, 0.05) is 11.8 Å². The van der Waals surface area contributed by atoms with Crippen LogP contribution in [0.3, 0.4) is 0 Å². The highest BCUT2D eigenvalue weighted by atomic mass is 32.2. The summed E-state index contributed by atoms with van der Waals surface area (Å²) < 4.78 is 5.16. The number of pyridine rings is 1. The van der Waals surface area contributed by atoms with E-state index in [0.717, 1.165) is 28.2 Å². The molecule has 4 nitrogen and oxygen atoms in total. The Morgan fingerprint density at radius 1 is 1.11 bits per heavy atom. The van der Waals surface area contributed by atoms with E-state index in [-0.39, 0.29) is 0 Å². The predicted molar refractivity (Wildman–Crippen MR) is 75.0 cm³/mol. The van der Waals surface area contributed by atoms with Crippen LogP contribution in [0.1, 0.15) is 18.6 Å². The molecule has 0 aliphatic carbocycles. The van der Waals surface area contributed by atoms with Crippen LogP contribution in [0, 0.1) is 0 Å². The predicted octanol–water partition coefficient (Wildman–Crippen LogP) is 3.47. The molecule has 0 atom stereocenters. The van der Waals surface area contributed by atoms with E-state index in [2.05, 4.69) is 27.3 Å². The summed E-state index contributed by atoms with van der Waals surface area (Å²) in [5, 5.41) is 6.00. The van der Waals surface area contributed by atoms with Crippen molar-refractivity contribution in [3.63, 3.8) is 0 Å². The highest BCUT2D eigenvalue weighted by molar-refractivity contribution is 7.98. The van der Waals surface area contributed by atoms with Crippen molar-refractivity contribution in [3.8, 4) is 0 Å². The molecule has 2 aromatic heterocycles. The second-order valence-electron chi connectivity index (χ2n) is 4.09. The molecule has 0 N–H and O–H groups in total. The van der Waals surface area contributed by atoms with E-state index >= 15 is 0 Å². The fourth-order valence-corrected chi connectivity index (χ4v) is 2.47. The molecule has 0 aliphatic rings. The molecule has 5 heteroatoms. The van der Waals surface area contributed by atoms with Crippen LogP contribution in [0.4, 0.5) is 0 Å². The molecule has 0 fully saturated rings. The first-order valence-electron chi connectivity index (χ1n) is 6.15. The SMILES string of the molecule is CCc1noc(CSc2ccc3ccccc3n2)n1. The first-order valence-corrected chi connectivity index (χ1v) is 7.14. The van der Waals surface area contributed by atoms with Crippen molar-refractivity contribution in [1.29, 1.82) is 0 Å². The lowest BCUT2D eigenvalue weighted by molar-refractivity contribution is 0.385. The number of aryl methyl sites for hydroxylation is 1. The number of hydrogen-bond acceptors (Lipinski definition) is 5. The molecule has 0 aliphatic heterocycles. The smallest absolute Gasteiger partial charge is 0.237 e. The van der Waals surface area contributed by atoms with E-state index in [1.807, 2.05) is 31.2 Å². The monoisotopic (exact) mass is 271 g/mol. The van der Waals surface area contributed by atoms with Gasteiger partial charge in [0.25, 0.3) is 0 Å². The first-order chi connectivity index (χ1) is 9.35. The van der Waals surface area contributed by atoms with Gasteiger partial charge in [0.15, 0.2) is 5.82 Å². The lowest BCUT2D eigenvalue weighted by Gasteiger charge is -2.00. The molecule has 0 unspecified atom stereocenters. The number of hydrogen-bond donors (Lipinski definition) is 0. The molecule has 2 heterocycles. The van der Waals surface area contributed by atoms with Crippen LogP contribution in [0.15, 0.2) is 45.9 Å². The van der Waals surface area contributed by atoms with Crippen LogP contribution in [-0.4, -0.2) is 15.1 Å². The minimum atomic E-state index is 0.650. The van der Waals surface area contributed by atoms with Crippen molar-refractivity contribution in [1.82, 2.24) is 15.1 Å². The van der Waals surface area contributed by atoms with E-state index in [9.17, 15) is 0 Å². The number of para-hydroxylation sites is 1. The van der Waals surface area contributed by atoms with E-state index in [4.69, 9.17) is 4.52 Å². The molecule has 1 aromatic carbocycles. The largest absolute Gasteiger partial charge is 0.338 e. The van der Waals surface area contributed by atoms with Gasteiger partial charge in [-0.05, 0) is 12.1 Å². The van der Waals surface area contributed by atoms with Crippen molar-refractivity contribution >= 4 is 22.7 Å². The Balaban J connectivity index is 1.74. The van der Waals surface area contributed by atoms with E-state index in [1.54, 1.807) is 11.8 Å². The fraction of sp³-hybridized carbons (Fsp3) is 0.214. The molecule has 0 amide bonds. The number of fused-ring (bicyclic) bond motifs is 1. The summed E-state index contributed by atoms with van der Waals surface area (Å²) in [5.74, 6) is 2.05. The van der Waals surface area contributed by atoms with Crippen LogP contribution in [0.25, 0.3) is 10.9 Å². The van der Waals surface area contributed by atoms with Crippen molar-refractivity contribution in [2.24, 2.45) is 0 Å². The maximum atomic E-state index is 5.16. The molecule has 0 saturated carbocycles. The third-order valence-corrected chi connectivity index (χ3v) is 3.66. The van der Waals surface area contributed by atoms with Crippen LogP contribution < -0.4 is 0 Å². The Bertz CT molecular complexity index is 696. The highest BCUT2D eigenvalue weighted by Gasteiger charge is 2.06. The van der Waals surface area contributed by atoms with Crippen molar-refractivity contribution in [2.75, 3.05) is 0 Å².